The SMILES string of the molecule is C[C@H](NC(=O)c1csc(-c2ccco2)n1)c1cc2ccccc2o1. The number of carbonyl (C=O) groups is 1. The summed E-state index contributed by atoms with van der Waals surface area (Å²) in [5.74, 6) is 1.13. The highest BCUT2D eigenvalue weighted by Gasteiger charge is 2.18. The first kappa shape index (κ1) is 14.7. The highest BCUT2D eigenvalue weighted by atomic mass is 32.1. The number of amides is 1. The summed E-state index contributed by atoms with van der Waals surface area (Å²) < 4.78 is 11.1. The van der Waals surface area contributed by atoms with Crippen LogP contribution in [0.2, 0.25) is 0 Å². The summed E-state index contributed by atoms with van der Waals surface area (Å²) >= 11 is 1.37. The van der Waals surface area contributed by atoms with Crippen molar-refractivity contribution in [3.05, 3.63) is 65.6 Å². The minimum absolute atomic E-state index is 0.239. The number of hydrogen-bond acceptors (Lipinski definition) is 5. The van der Waals surface area contributed by atoms with Crippen LogP contribution in [-0.2, 0) is 0 Å². The molecule has 0 saturated carbocycles. The van der Waals surface area contributed by atoms with Crippen molar-refractivity contribution in [2.75, 3.05) is 0 Å². The zero-order valence-corrected chi connectivity index (χ0v) is 13.7. The molecule has 0 radical (unpaired) electrons. The molecule has 1 atom stereocenters. The van der Waals surface area contributed by atoms with Crippen LogP contribution < -0.4 is 5.32 Å². The standard InChI is InChI=1S/C18H14N2O3S/c1-11(16-9-12-5-2-3-6-14(12)23-16)19-17(21)13-10-24-18(20-13)15-7-4-8-22-15/h2-11H,1H3,(H,19,21)/t11-/m0/s1. The first-order chi connectivity index (χ1) is 11.7. The molecule has 3 heterocycles. The number of nitrogens with zero attached hydrogens (tertiary/aromatic N) is 1. The second-order valence-electron chi connectivity index (χ2n) is 5.40. The molecule has 120 valence electrons. The van der Waals surface area contributed by atoms with Crippen LogP contribution in [-0.4, -0.2) is 10.9 Å². The molecule has 3 aromatic heterocycles. The van der Waals surface area contributed by atoms with Crippen molar-refractivity contribution < 1.29 is 13.6 Å². The third-order valence-electron chi connectivity index (χ3n) is 3.69. The Bertz CT molecular complexity index is 952. The van der Waals surface area contributed by atoms with Gasteiger partial charge in [0.15, 0.2) is 10.8 Å². The topological polar surface area (TPSA) is 68.3 Å². The molecular weight excluding hydrogens is 324 g/mol. The first-order valence-corrected chi connectivity index (χ1v) is 8.37. The lowest BCUT2D eigenvalue weighted by molar-refractivity contribution is 0.0931. The van der Waals surface area contributed by atoms with Crippen LogP contribution in [0, 0.1) is 0 Å². The molecule has 0 aliphatic heterocycles. The van der Waals surface area contributed by atoms with Crippen LogP contribution in [0.25, 0.3) is 21.7 Å². The van der Waals surface area contributed by atoms with Crippen molar-refractivity contribution in [3.63, 3.8) is 0 Å². The van der Waals surface area contributed by atoms with Crippen LogP contribution in [0.5, 0.6) is 0 Å². The number of hydrogen-bond donors (Lipinski definition) is 1. The Balaban J connectivity index is 1.51. The summed E-state index contributed by atoms with van der Waals surface area (Å²) in [7, 11) is 0. The molecule has 0 fully saturated rings. The molecule has 0 bridgehead atoms. The molecule has 0 unspecified atom stereocenters. The molecule has 6 heteroatoms. The van der Waals surface area contributed by atoms with Gasteiger partial charge in [0.05, 0.1) is 12.3 Å². The molecule has 0 spiro atoms. The van der Waals surface area contributed by atoms with Gasteiger partial charge < -0.3 is 14.2 Å². The average molecular weight is 338 g/mol. The Labute approximate surface area is 141 Å². The van der Waals surface area contributed by atoms with E-state index in [4.69, 9.17) is 8.83 Å². The predicted octanol–water partition coefficient (Wildman–Crippen LogP) is 4.64. The van der Waals surface area contributed by atoms with Crippen molar-refractivity contribution in [2.24, 2.45) is 0 Å². The monoisotopic (exact) mass is 338 g/mol. The van der Waals surface area contributed by atoms with Gasteiger partial charge in [-0.25, -0.2) is 4.98 Å². The minimum atomic E-state index is -0.251. The Morgan fingerprint density at radius 3 is 2.92 bits per heavy atom. The molecule has 1 amide bonds. The molecule has 0 aliphatic rings. The average Bonchev–Trinajstić information content (AvgIpc) is 3.32. The maximum absolute atomic E-state index is 12.4. The number of carbonyl (C=O) groups excluding carboxylic acids is 1. The predicted molar refractivity (Wildman–Crippen MR) is 91.9 cm³/mol. The molecule has 4 rings (SSSR count). The fraction of sp³-hybridized carbons (Fsp3) is 0.111. The van der Waals surface area contributed by atoms with Crippen LogP contribution in [0.3, 0.4) is 0 Å². The number of benzene rings is 1. The normalized spacial score (nSPS) is 12.4. The molecule has 0 aliphatic carbocycles. The Hall–Kier alpha value is -2.86. The summed E-state index contributed by atoms with van der Waals surface area (Å²) in [5, 5.41) is 6.33. The highest BCUT2D eigenvalue weighted by Crippen LogP contribution is 2.26. The fourth-order valence-corrected chi connectivity index (χ4v) is 3.22. The highest BCUT2D eigenvalue weighted by molar-refractivity contribution is 7.13. The zero-order valence-electron chi connectivity index (χ0n) is 12.9. The quantitative estimate of drug-likeness (QED) is 0.588. The maximum Gasteiger partial charge on any atom is 0.271 e. The summed E-state index contributed by atoms with van der Waals surface area (Å²) in [5.41, 5.74) is 1.18. The van der Waals surface area contributed by atoms with E-state index in [0.29, 0.717) is 22.2 Å². The van der Waals surface area contributed by atoms with Gasteiger partial charge in [-0.1, -0.05) is 18.2 Å². The largest absolute Gasteiger partial charge is 0.462 e. The van der Waals surface area contributed by atoms with E-state index in [9.17, 15) is 4.79 Å². The number of thiazole rings is 1. The van der Waals surface area contributed by atoms with E-state index in [1.807, 2.05) is 43.3 Å². The van der Waals surface area contributed by atoms with Crippen molar-refractivity contribution in [3.8, 4) is 10.8 Å². The lowest BCUT2D eigenvalue weighted by Gasteiger charge is -2.09. The van der Waals surface area contributed by atoms with Gasteiger partial charge in [0.25, 0.3) is 5.91 Å². The van der Waals surface area contributed by atoms with E-state index in [1.165, 1.54) is 11.3 Å². The van der Waals surface area contributed by atoms with Gasteiger partial charge in [-0.05, 0) is 31.2 Å². The number of furan rings is 2. The van der Waals surface area contributed by atoms with Gasteiger partial charge in [0.1, 0.15) is 17.0 Å². The third kappa shape index (κ3) is 2.72. The van der Waals surface area contributed by atoms with Gasteiger partial charge in [-0.2, -0.15) is 0 Å². The Morgan fingerprint density at radius 2 is 2.12 bits per heavy atom. The fourth-order valence-electron chi connectivity index (χ4n) is 2.45. The maximum atomic E-state index is 12.4. The van der Waals surface area contributed by atoms with Crippen molar-refractivity contribution >= 4 is 28.2 Å². The second kappa shape index (κ2) is 5.98. The molecular formula is C18H14N2O3S. The molecule has 4 aromatic rings. The van der Waals surface area contributed by atoms with Crippen molar-refractivity contribution in [1.29, 1.82) is 0 Å². The number of nitrogens with one attached hydrogen (secondary N) is 1. The van der Waals surface area contributed by atoms with E-state index in [2.05, 4.69) is 10.3 Å². The molecule has 1 aromatic carbocycles. The molecule has 0 saturated heterocycles. The van der Waals surface area contributed by atoms with Gasteiger partial charge >= 0.3 is 0 Å². The lowest BCUT2D eigenvalue weighted by Crippen LogP contribution is -2.26. The van der Waals surface area contributed by atoms with Gasteiger partial charge in [0, 0.05) is 10.8 Å². The smallest absolute Gasteiger partial charge is 0.271 e. The summed E-state index contributed by atoms with van der Waals surface area (Å²) in [6.07, 6.45) is 1.58. The van der Waals surface area contributed by atoms with Crippen LogP contribution in [0.1, 0.15) is 29.2 Å². The van der Waals surface area contributed by atoms with Gasteiger partial charge in [0.2, 0.25) is 0 Å². The minimum Gasteiger partial charge on any atom is -0.462 e. The lowest BCUT2D eigenvalue weighted by atomic mass is 10.2. The van der Waals surface area contributed by atoms with E-state index in [-0.39, 0.29) is 11.9 Å². The van der Waals surface area contributed by atoms with Gasteiger partial charge in [-0.15, -0.1) is 11.3 Å². The third-order valence-corrected chi connectivity index (χ3v) is 4.54. The van der Waals surface area contributed by atoms with Crippen LogP contribution >= 0.6 is 11.3 Å². The van der Waals surface area contributed by atoms with E-state index >= 15 is 0 Å². The van der Waals surface area contributed by atoms with Crippen LogP contribution in [0.15, 0.2) is 62.9 Å². The molecule has 24 heavy (non-hydrogen) atoms. The van der Waals surface area contributed by atoms with Crippen molar-refractivity contribution in [1.82, 2.24) is 10.3 Å². The van der Waals surface area contributed by atoms with Crippen molar-refractivity contribution in [2.45, 2.75) is 13.0 Å². The molecule has 5 nitrogen and oxygen atoms in total. The first-order valence-electron chi connectivity index (χ1n) is 7.49. The Kier molecular flexibility index (Phi) is 3.66. The summed E-state index contributed by atoms with van der Waals surface area (Å²) in [6, 6.07) is 13.1. The Morgan fingerprint density at radius 1 is 1.25 bits per heavy atom. The summed E-state index contributed by atoms with van der Waals surface area (Å²) in [4.78, 5) is 16.7. The van der Waals surface area contributed by atoms with E-state index in [1.54, 1.807) is 17.7 Å². The summed E-state index contributed by atoms with van der Waals surface area (Å²) in [6.45, 7) is 1.88. The van der Waals surface area contributed by atoms with E-state index in [0.717, 1.165) is 11.0 Å². The number of aromatic nitrogens is 1. The number of fused-ring (bicyclic) bond motifs is 1. The van der Waals surface area contributed by atoms with Crippen LogP contribution in [0.4, 0.5) is 0 Å². The number of para-hydroxylation sites is 1. The zero-order chi connectivity index (χ0) is 16.5. The van der Waals surface area contributed by atoms with Gasteiger partial charge in [-0.3, -0.25) is 4.79 Å². The second-order valence-corrected chi connectivity index (χ2v) is 6.26. The van der Waals surface area contributed by atoms with E-state index < -0.39 is 0 Å². The molecule has 1 N–H and O–H groups in total. The number of rotatable bonds is 4.